The summed E-state index contributed by atoms with van der Waals surface area (Å²) in [4.78, 5) is 12.1. The van der Waals surface area contributed by atoms with Crippen LogP contribution < -0.4 is 10.1 Å². The lowest BCUT2D eigenvalue weighted by atomic mass is 9.88. The topological polar surface area (TPSA) is 67.8 Å². The molecule has 0 bridgehead atoms. The molecule has 2 aromatic rings. The fourth-order valence-electron chi connectivity index (χ4n) is 3.72. The van der Waals surface area contributed by atoms with Crippen molar-refractivity contribution in [1.29, 1.82) is 0 Å². The second kappa shape index (κ2) is 11.2. The van der Waals surface area contributed by atoms with Gasteiger partial charge in [-0.05, 0) is 81.0 Å². The zero-order chi connectivity index (χ0) is 21.7. The van der Waals surface area contributed by atoms with Crippen molar-refractivity contribution in [2.75, 3.05) is 13.2 Å². The highest BCUT2D eigenvalue weighted by Gasteiger charge is 2.32. The molecule has 0 aromatic heterocycles. The third-order valence-electron chi connectivity index (χ3n) is 5.38. The van der Waals surface area contributed by atoms with E-state index in [4.69, 9.17) is 21.1 Å². The maximum absolute atomic E-state index is 12.1. The minimum atomic E-state index is -1.04. The molecule has 5 nitrogen and oxygen atoms in total. The minimum Gasteiger partial charge on any atom is -0.476 e. The molecule has 0 amide bonds. The highest BCUT2D eigenvalue weighted by Crippen LogP contribution is 2.28. The highest BCUT2D eigenvalue weighted by molar-refractivity contribution is 6.30. The van der Waals surface area contributed by atoms with Crippen molar-refractivity contribution in [3.63, 3.8) is 0 Å². The standard InChI is InChI=1S/C24H30ClNO4.ClH/c1-4-29-23(28)24(2,3)30-21-11-9-16-8-10-20(13-18(16)14-21)26-15-22(27)17-6-5-7-19(25)12-17;/h5-7,9,11-12,14,20,22,26-27H,4,8,10,13,15H2,1-3H3;1H/t20-,22-;/m0./s1. The SMILES string of the molecule is CCOC(=O)C(C)(C)Oc1ccc2c(c1)C[C@@H](NC[C@H](O)c1cccc(Cl)c1)CC2.Cl. The quantitative estimate of drug-likeness (QED) is 0.552. The van der Waals surface area contributed by atoms with Crippen molar-refractivity contribution < 1.29 is 19.4 Å². The monoisotopic (exact) mass is 467 g/mol. The van der Waals surface area contributed by atoms with E-state index in [1.165, 1.54) is 11.1 Å². The summed E-state index contributed by atoms with van der Waals surface area (Å²) < 4.78 is 11.0. The third kappa shape index (κ3) is 6.84. The number of halogens is 2. The molecule has 0 radical (unpaired) electrons. The van der Waals surface area contributed by atoms with Crippen LogP contribution in [0.15, 0.2) is 42.5 Å². The molecule has 2 atom stereocenters. The van der Waals surface area contributed by atoms with E-state index in [0.717, 1.165) is 24.8 Å². The number of aliphatic hydroxyl groups is 1. The molecule has 2 aromatic carbocycles. The fraction of sp³-hybridized carbons (Fsp3) is 0.458. The Balaban J connectivity index is 0.00000341. The lowest BCUT2D eigenvalue weighted by Crippen LogP contribution is -2.40. The number of carbonyl (C=O) groups is 1. The second-order valence-corrected chi connectivity index (χ2v) is 8.62. The van der Waals surface area contributed by atoms with E-state index in [-0.39, 0.29) is 24.4 Å². The first-order chi connectivity index (χ1) is 14.3. The molecule has 0 unspecified atom stereocenters. The van der Waals surface area contributed by atoms with E-state index in [2.05, 4.69) is 11.4 Å². The lowest BCUT2D eigenvalue weighted by molar-refractivity contribution is -0.158. The van der Waals surface area contributed by atoms with Gasteiger partial charge in [0.2, 0.25) is 0 Å². The Bertz CT molecular complexity index is 888. The Morgan fingerprint density at radius 1 is 1.26 bits per heavy atom. The lowest BCUT2D eigenvalue weighted by Gasteiger charge is -2.28. The van der Waals surface area contributed by atoms with E-state index >= 15 is 0 Å². The summed E-state index contributed by atoms with van der Waals surface area (Å²) in [5, 5.41) is 14.5. The van der Waals surface area contributed by atoms with Crippen LogP contribution in [0.5, 0.6) is 5.75 Å². The van der Waals surface area contributed by atoms with Gasteiger partial charge in [0.1, 0.15) is 5.75 Å². The summed E-state index contributed by atoms with van der Waals surface area (Å²) >= 11 is 6.02. The number of aliphatic hydroxyl groups excluding tert-OH is 1. The van der Waals surface area contributed by atoms with Crippen LogP contribution in [0.4, 0.5) is 0 Å². The first kappa shape index (κ1) is 25.5. The molecule has 31 heavy (non-hydrogen) atoms. The average Bonchev–Trinajstić information content (AvgIpc) is 2.71. The summed E-state index contributed by atoms with van der Waals surface area (Å²) in [6, 6.07) is 13.6. The molecule has 0 heterocycles. The van der Waals surface area contributed by atoms with Crippen molar-refractivity contribution in [2.45, 2.75) is 57.8 Å². The number of rotatable bonds is 8. The molecule has 0 fully saturated rings. The number of nitrogens with one attached hydrogen (secondary N) is 1. The molecule has 170 valence electrons. The Labute approximate surface area is 195 Å². The molecule has 3 rings (SSSR count). The minimum absolute atomic E-state index is 0. The van der Waals surface area contributed by atoms with Gasteiger partial charge in [0, 0.05) is 17.6 Å². The summed E-state index contributed by atoms with van der Waals surface area (Å²) in [6.45, 7) is 6.00. The maximum atomic E-state index is 12.1. The summed E-state index contributed by atoms with van der Waals surface area (Å²) in [5.41, 5.74) is 2.26. The van der Waals surface area contributed by atoms with Gasteiger partial charge in [-0.3, -0.25) is 0 Å². The van der Waals surface area contributed by atoms with Crippen molar-refractivity contribution >= 4 is 30.0 Å². The number of ether oxygens (including phenoxy) is 2. The van der Waals surface area contributed by atoms with Crippen LogP contribution in [-0.4, -0.2) is 35.9 Å². The van der Waals surface area contributed by atoms with Crippen LogP contribution in [-0.2, 0) is 22.4 Å². The molecule has 2 N–H and O–H groups in total. The molecular weight excluding hydrogens is 437 g/mol. The molecular formula is C24H31Cl2NO4. The Hall–Kier alpha value is -1.79. The number of hydrogen-bond donors (Lipinski definition) is 2. The van der Waals surface area contributed by atoms with Crippen LogP contribution in [0.2, 0.25) is 5.02 Å². The summed E-state index contributed by atoms with van der Waals surface area (Å²) in [5.74, 6) is 0.281. The molecule has 1 aliphatic carbocycles. The van der Waals surface area contributed by atoms with Crippen LogP contribution in [0.3, 0.4) is 0 Å². The van der Waals surface area contributed by atoms with E-state index in [1.807, 2.05) is 24.3 Å². The largest absolute Gasteiger partial charge is 0.476 e. The third-order valence-corrected chi connectivity index (χ3v) is 5.61. The van der Waals surface area contributed by atoms with Gasteiger partial charge in [-0.2, -0.15) is 0 Å². The van der Waals surface area contributed by atoms with Gasteiger partial charge in [0.05, 0.1) is 12.7 Å². The van der Waals surface area contributed by atoms with Crippen molar-refractivity contribution in [3.8, 4) is 5.75 Å². The first-order valence-corrected chi connectivity index (χ1v) is 10.8. The molecule has 7 heteroatoms. The van der Waals surface area contributed by atoms with E-state index in [1.54, 1.807) is 32.9 Å². The van der Waals surface area contributed by atoms with E-state index < -0.39 is 11.7 Å². The molecule has 0 saturated carbocycles. The van der Waals surface area contributed by atoms with Gasteiger partial charge in [-0.25, -0.2) is 4.79 Å². The van der Waals surface area contributed by atoms with Crippen LogP contribution >= 0.6 is 24.0 Å². The van der Waals surface area contributed by atoms with Crippen LogP contribution in [0.25, 0.3) is 0 Å². The maximum Gasteiger partial charge on any atom is 0.349 e. The van der Waals surface area contributed by atoms with E-state index in [9.17, 15) is 9.90 Å². The normalized spacial score (nSPS) is 16.6. The Morgan fingerprint density at radius 2 is 2.03 bits per heavy atom. The number of aryl methyl sites for hydroxylation is 1. The predicted octanol–water partition coefficient (Wildman–Crippen LogP) is 4.66. The number of carbonyl (C=O) groups excluding carboxylic acids is 1. The number of fused-ring (bicyclic) bond motifs is 1. The number of hydrogen-bond acceptors (Lipinski definition) is 5. The zero-order valence-corrected chi connectivity index (χ0v) is 19.8. The molecule has 0 spiro atoms. The fourth-order valence-corrected chi connectivity index (χ4v) is 3.92. The van der Waals surface area contributed by atoms with Gasteiger partial charge >= 0.3 is 5.97 Å². The van der Waals surface area contributed by atoms with Crippen LogP contribution in [0.1, 0.15) is 50.0 Å². The first-order valence-electron chi connectivity index (χ1n) is 10.4. The highest BCUT2D eigenvalue weighted by atomic mass is 35.5. The van der Waals surface area contributed by atoms with Gasteiger partial charge in [-0.15, -0.1) is 12.4 Å². The van der Waals surface area contributed by atoms with Gasteiger partial charge in [-0.1, -0.05) is 29.8 Å². The Kier molecular flexibility index (Phi) is 9.19. The Morgan fingerprint density at radius 3 is 2.74 bits per heavy atom. The zero-order valence-electron chi connectivity index (χ0n) is 18.2. The van der Waals surface area contributed by atoms with Crippen molar-refractivity contribution in [3.05, 3.63) is 64.2 Å². The number of benzene rings is 2. The van der Waals surface area contributed by atoms with E-state index in [0.29, 0.717) is 23.9 Å². The van der Waals surface area contributed by atoms with Crippen LogP contribution in [0, 0.1) is 0 Å². The van der Waals surface area contributed by atoms with Gasteiger partial charge in [0.25, 0.3) is 0 Å². The predicted molar refractivity (Wildman–Crippen MR) is 125 cm³/mol. The van der Waals surface area contributed by atoms with Crippen molar-refractivity contribution in [2.24, 2.45) is 0 Å². The smallest absolute Gasteiger partial charge is 0.349 e. The molecule has 0 saturated heterocycles. The van der Waals surface area contributed by atoms with Gasteiger partial charge in [0.15, 0.2) is 5.60 Å². The molecule has 0 aliphatic heterocycles. The second-order valence-electron chi connectivity index (χ2n) is 8.18. The molecule has 1 aliphatic rings. The van der Waals surface area contributed by atoms with Gasteiger partial charge < -0.3 is 19.9 Å². The van der Waals surface area contributed by atoms with Crippen molar-refractivity contribution in [1.82, 2.24) is 5.32 Å². The summed E-state index contributed by atoms with van der Waals surface area (Å²) in [7, 11) is 0. The average molecular weight is 468 g/mol. The summed E-state index contributed by atoms with van der Waals surface area (Å²) in [6.07, 6.45) is 2.20. The number of esters is 1.